The van der Waals surface area contributed by atoms with Crippen molar-refractivity contribution in [2.45, 2.75) is 25.3 Å². The fraction of sp³-hybridized carbons (Fsp3) is 0.286. The van der Waals surface area contributed by atoms with Gasteiger partial charge in [-0.25, -0.2) is 9.97 Å². The molecular formula is C14H14ClN3S. The molecule has 2 atom stereocenters. The van der Waals surface area contributed by atoms with E-state index in [2.05, 4.69) is 38.3 Å². The lowest BCUT2D eigenvalue weighted by atomic mass is 10.2. The summed E-state index contributed by atoms with van der Waals surface area (Å²) in [6.07, 6.45) is 1.80. The molecule has 0 aliphatic heterocycles. The molecule has 0 aliphatic carbocycles. The molecule has 3 heterocycles. The molecule has 0 bridgehead atoms. The van der Waals surface area contributed by atoms with Crippen LogP contribution in [0, 0.1) is 0 Å². The predicted octanol–water partition coefficient (Wildman–Crippen LogP) is 4.40. The van der Waals surface area contributed by atoms with Crippen molar-refractivity contribution in [1.82, 2.24) is 14.5 Å². The molecule has 3 rings (SSSR count). The number of fused-ring (bicyclic) bond motifs is 1. The summed E-state index contributed by atoms with van der Waals surface area (Å²) < 4.78 is 2.13. The highest BCUT2D eigenvalue weighted by atomic mass is 35.5. The first-order valence-corrected chi connectivity index (χ1v) is 7.55. The van der Waals surface area contributed by atoms with Gasteiger partial charge in [0.1, 0.15) is 11.3 Å². The van der Waals surface area contributed by atoms with E-state index in [0.29, 0.717) is 0 Å². The summed E-state index contributed by atoms with van der Waals surface area (Å²) >= 11 is 7.97. The molecule has 2 unspecified atom stereocenters. The number of pyridine rings is 1. The fourth-order valence-corrected chi connectivity index (χ4v) is 3.17. The van der Waals surface area contributed by atoms with Crippen molar-refractivity contribution >= 4 is 34.1 Å². The van der Waals surface area contributed by atoms with E-state index < -0.39 is 0 Å². The van der Waals surface area contributed by atoms with Crippen LogP contribution in [0.2, 0.25) is 0 Å². The van der Waals surface area contributed by atoms with Gasteiger partial charge in [0.2, 0.25) is 0 Å². The van der Waals surface area contributed by atoms with Gasteiger partial charge in [-0.2, -0.15) is 11.3 Å². The third kappa shape index (κ3) is 2.15. The molecule has 0 saturated carbocycles. The van der Waals surface area contributed by atoms with Crippen molar-refractivity contribution in [2.24, 2.45) is 0 Å². The van der Waals surface area contributed by atoms with E-state index >= 15 is 0 Å². The molecular weight excluding hydrogens is 278 g/mol. The van der Waals surface area contributed by atoms with E-state index in [9.17, 15) is 0 Å². The van der Waals surface area contributed by atoms with Crippen LogP contribution in [0.4, 0.5) is 0 Å². The van der Waals surface area contributed by atoms with Crippen LogP contribution >= 0.6 is 22.9 Å². The van der Waals surface area contributed by atoms with Crippen molar-refractivity contribution in [1.29, 1.82) is 0 Å². The maximum atomic E-state index is 6.28. The third-order valence-electron chi connectivity index (χ3n) is 3.24. The number of aromatic nitrogens is 3. The minimum atomic E-state index is -0.143. The van der Waals surface area contributed by atoms with Crippen LogP contribution in [0.3, 0.4) is 0 Å². The van der Waals surface area contributed by atoms with E-state index in [1.165, 1.54) is 5.56 Å². The van der Waals surface area contributed by atoms with Crippen LogP contribution in [-0.4, -0.2) is 14.5 Å². The largest absolute Gasteiger partial charge is 0.304 e. The van der Waals surface area contributed by atoms with Gasteiger partial charge >= 0.3 is 0 Å². The van der Waals surface area contributed by atoms with Gasteiger partial charge in [0.05, 0.1) is 11.4 Å². The van der Waals surface area contributed by atoms with Gasteiger partial charge < -0.3 is 4.57 Å². The Morgan fingerprint density at radius 2 is 2.16 bits per heavy atom. The number of imidazole rings is 1. The molecule has 0 aromatic carbocycles. The van der Waals surface area contributed by atoms with E-state index in [-0.39, 0.29) is 11.4 Å². The minimum absolute atomic E-state index is 0.143. The first-order valence-electron chi connectivity index (χ1n) is 6.17. The Bertz CT molecular complexity index is 688. The van der Waals surface area contributed by atoms with Gasteiger partial charge in [0.15, 0.2) is 5.65 Å². The lowest BCUT2D eigenvalue weighted by Gasteiger charge is -2.17. The summed E-state index contributed by atoms with van der Waals surface area (Å²) in [5.41, 5.74) is 3.05. The van der Waals surface area contributed by atoms with E-state index in [4.69, 9.17) is 11.6 Å². The van der Waals surface area contributed by atoms with Crippen molar-refractivity contribution < 1.29 is 0 Å². The van der Waals surface area contributed by atoms with Crippen molar-refractivity contribution in [2.75, 3.05) is 0 Å². The quantitative estimate of drug-likeness (QED) is 0.670. The molecule has 0 aliphatic rings. The van der Waals surface area contributed by atoms with Crippen LogP contribution in [0.15, 0.2) is 35.2 Å². The van der Waals surface area contributed by atoms with Crippen molar-refractivity contribution in [3.63, 3.8) is 0 Å². The summed E-state index contributed by atoms with van der Waals surface area (Å²) in [6.45, 7) is 4.10. The monoisotopic (exact) mass is 291 g/mol. The predicted molar refractivity (Wildman–Crippen MR) is 79.9 cm³/mol. The van der Waals surface area contributed by atoms with Crippen LogP contribution < -0.4 is 0 Å². The molecule has 0 spiro atoms. The van der Waals surface area contributed by atoms with Crippen LogP contribution in [0.1, 0.15) is 36.7 Å². The standard InChI is InChI=1S/C14H14ClN3S/c1-9(15)13-17-12-4-3-6-16-14(12)18(13)10(2)11-5-7-19-8-11/h3-10H,1-2H3. The number of hydrogen-bond acceptors (Lipinski definition) is 3. The molecule has 0 saturated heterocycles. The summed E-state index contributed by atoms with van der Waals surface area (Å²) in [5, 5.41) is 4.10. The molecule has 98 valence electrons. The second kappa shape index (κ2) is 4.94. The molecule has 5 heteroatoms. The highest BCUT2D eigenvalue weighted by Gasteiger charge is 2.20. The zero-order valence-corrected chi connectivity index (χ0v) is 12.3. The van der Waals surface area contributed by atoms with Gasteiger partial charge in [0.25, 0.3) is 0 Å². The maximum absolute atomic E-state index is 6.28. The van der Waals surface area contributed by atoms with Gasteiger partial charge in [0, 0.05) is 6.20 Å². The number of rotatable bonds is 3. The average Bonchev–Trinajstić information content (AvgIpc) is 3.05. The second-order valence-electron chi connectivity index (χ2n) is 4.53. The van der Waals surface area contributed by atoms with Crippen LogP contribution in [0.25, 0.3) is 11.2 Å². The Kier molecular flexibility index (Phi) is 3.29. The Balaban J connectivity index is 2.23. The maximum Gasteiger partial charge on any atom is 0.160 e. The summed E-state index contributed by atoms with van der Waals surface area (Å²) in [6, 6.07) is 6.19. The fourth-order valence-electron chi connectivity index (χ4n) is 2.27. The Labute approximate surface area is 120 Å². The van der Waals surface area contributed by atoms with E-state index in [1.54, 1.807) is 17.5 Å². The zero-order chi connectivity index (χ0) is 13.4. The van der Waals surface area contributed by atoms with Crippen molar-refractivity contribution in [3.05, 3.63) is 46.5 Å². The molecule has 3 aromatic rings. The smallest absolute Gasteiger partial charge is 0.160 e. The number of hydrogen-bond donors (Lipinski definition) is 0. The topological polar surface area (TPSA) is 30.7 Å². The van der Waals surface area contributed by atoms with Crippen LogP contribution in [0.5, 0.6) is 0 Å². The first-order chi connectivity index (χ1) is 9.18. The van der Waals surface area contributed by atoms with E-state index in [0.717, 1.165) is 17.0 Å². The Hall–Kier alpha value is -1.39. The number of halogens is 1. The molecule has 0 amide bonds. The molecule has 3 aromatic heterocycles. The summed E-state index contributed by atoms with van der Waals surface area (Å²) in [4.78, 5) is 9.08. The van der Waals surface area contributed by atoms with Gasteiger partial charge in [-0.15, -0.1) is 11.6 Å². The lowest BCUT2D eigenvalue weighted by molar-refractivity contribution is 0.616. The van der Waals surface area contributed by atoms with Crippen molar-refractivity contribution in [3.8, 4) is 0 Å². The van der Waals surface area contributed by atoms with Gasteiger partial charge in [-0.1, -0.05) is 0 Å². The van der Waals surface area contributed by atoms with Gasteiger partial charge in [-0.3, -0.25) is 0 Å². The zero-order valence-electron chi connectivity index (χ0n) is 10.7. The molecule has 0 fully saturated rings. The molecule has 0 N–H and O–H groups in total. The minimum Gasteiger partial charge on any atom is -0.304 e. The first kappa shape index (κ1) is 12.6. The highest BCUT2D eigenvalue weighted by molar-refractivity contribution is 7.07. The molecule has 0 radical (unpaired) electrons. The summed E-state index contributed by atoms with van der Waals surface area (Å²) in [7, 11) is 0. The molecule has 3 nitrogen and oxygen atoms in total. The lowest BCUT2D eigenvalue weighted by Crippen LogP contribution is -2.11. The second-order valence-corrected chi connectivity index (χ2v) is 5.97. The highest BCUT2D eigenvalue weighted by Crippen LogP contribution is 2.30. The van der Waals surface area contributed by atoms with Gasteiger partial charge in [-0.05, 0) is 48.4 Å². The average molecular weight is 292 g/mol. The Morgan fingerprint density at radius 1 is 1.32 bits per heavy atom. The number of thiophene rings is 1. The number of nitrogens with zero attached hydrogens (tertiary/aromatic N) is 3. The summed E-state index contributed by atoms with van der Waals surface area (Å²) in [5.74, 6) is 0.870. The SMILES string of the molecule is CC(Cl)c1nc2cccnc2n1C(C)c1ccsc1. The van der Waals surface area contributed by atoms with Crippen LogP contribution in [-0.2, 0) is 0 Å². The molecule has 19 heavy (non-hydrogen) atoms. The third-order valence-corrected chi connectivity index (χ3v) is 4.14. The Morgan fingerprint density at radius 3 is 2.84 bits per heavy atom. The normalized spacial score (nSPS) is 14.7. The van der Waals surface area contributed by atoms with E-state index in [1.807, 2.05) is 19.1 Å². The number of alkyl halides is 1.